The maximum Gasteiger partial charge on any atom is 0.134 e. The van der Waals surface area contributed by atoms with Gasteiger partial charge in [-0.1, -0.05) is 74.9 Å². The highest BCUT2D eigenvalue weighted by molar-refractivity contribution is 5.84. The third-order valence-corrected chi connectivity index (χ3v) is 6.93. The monoisotopic (exact) mass is 504 g/mol. The number of hydrogen-bond acceptors (Lipinski definition) is 3. The third kappa shape index (κ3) is 7.67. The summed E-state index contributed by atoms with van der Waals surface area (Å²) >= 11 is 0. The van der Waals surface area contributed by atoms with Crippen LogP contribution in [0.2, 0.25) is 0 Å². The smallest absolute Gasteiger partial charge is 0.134 e. The lowest BCUT2D eigenvalue weighted by Crippen LogP contribution is -1.98. The van der Waals surface area contributed by atoms with Crippen LogP contribution >= 0.6 is 0 Å². The number of halogens is 1. The van der Waals surface area contributed by atoms with Crippen molar-refractivity contribution < 1.29 is 9.13 Å². The van der Waals surface area contributed by atoms with Gasteiger partial charge in [-0.15, -0.1) is 0 Å². The molecule has 0 heterocycles. The van der Waals surface area contributed by atoms with Gasteiger partial charge in [-0.2, -0.15) is 10.5 Å². The minimum Gasteiger partial charge on any atom is -0.493 e. The van der Waals surface area contributed by atoms with Crippen LogP contribution in [0.15, 0.2) is 78.9 Å². The van der Waals surface area contributed by atoms with Gasteiger partial charge in [0.15, 0.2) is 0 Å². The lowest BCUT2D eigenvalue weighted by atomic mass is 10.0. The molecule has 38 heavy (non-hydrogen) atoms. The normalized spacial score (nSPS) is 10.7. The summed E-state index contributed by atoms with van der Waals surface area (Å²) in [6.07, 6.45) is 10.6. The van der Waals surface area contributed by atoms with Crippen molar-refractivity contribution >= 4 is 10.8 Å². The number of rotatable bonds is 13. The molecule has 4 aromatic carbocycles. The van der Waals surface area contributed by atoms with E-state index >= 15 is 0 Å². The summed E-state index contributed by atoms with van der Waals surface area (Å²) in [5, 5.41) is 20.3. The van der Waals surface area contributed by atoms with Crippen molar-refractivity contribution in [3.05, 3.63) is 101 Å². The summed E-state index contributed by atoms with van der Waals surface area (Å²) in [6.45, 7) is 0.596. The predicted molar refractivity (Wildman–Crippen MR) is 151 cm³/mol. The van der Waals surface area contributed by atoms with Gasteiger partial charge < -0.3 is 4.74 Å². The number of hydrogen-bond donors (Lipinski definition) is 0. The Balaban J connectivity index is 1.05. The number of aryl methyl sites for hydroxylation is 1. The SMILES string of the molecule is N#Cc1ccc(-c2ccc(OCCCCCCCCCCc3ccc4cc(C#N)ccc4c3)cc2F)cc1. The molecule has 0 saturated heterocycles. The molecule has 0 bridgehead atoms. The summed E-state index contributed by atoms with van der Waals surface area (Å²) in [4.78, 5) is 0. The quantitative estimate of drug-likeness (QED) is 0.171. The summed E-state index contributed by atoms with van der Waals surface area (Å²) in [5.41, 5.74) is 3.89. The number of nitrogens with zero attached hydrogens (tertiary/aromatic N) is 2. The molecule has 4 rings (SSSR count). The minimum absolute atomic E-state index is 0.318. The van der Waals surface area contributed by atoms with Crippen LogP contribution in [0.4, 0.5) is 4.39 Å². The van der Waals surface area contributed by atoms with Crippen LogP contribution in [0.3, 0.4) is 0 Å². The molecular formula is C34H33FN2O. The van der Waals surface area contributed by atoms with Crippen LogP contribution in [-0.4, -0.2) is 6.61 Å². The van der Waals surface area contributed by atoms with Crippen molar-refractivity contribution in [2.75, 3.05) is 6.61 Å². The topological polar surface area (TPSA) is 56.8 Å². The van der Waals surface area contributed by atoms with E-state index in [1.165, 1.54) is 55.5 Å². The Kier molecular flexibility index (Phi) is 9.89. The summed E-state index contributed by atoms with van der Waals surface area (Å²) < 4.78 is 20.3. The van der Waals surface area contributed by atoms with Gasteiger partial charge in [-0.25, -0.2) is 4.39 Å². The Labute approximate surface area is 225 Å². The second-order valence-corrected chi connectivity index (χ2v) is 9.77. The fraction of sp³-hybridized carbons (Fsp3) is 0.294. The maximum atomic E-state index is 14.6. The van der Waals surface area contributed by atoms with Crippen LogP contribution in [0.5, 0.6) is 5.75 Å². The van der Waals surface area contributed by atoms with Gasteiger partial charge in [-0.05, 0) is 77.6 Å². The predicted octanol–water partition coefficient (Wildman–Crippen LogP) is 9.13. The Morgan fingerprint density at radius 1 is 0.605 bits per heavy atom. The number of nitriles is 2. The molecular weight excluding hydrogens is 471 g/mol. The van der Waals surface area contributed by atoms with Gasteiger partial charge in [0.2, 0.25) is 0 Å². The highest BCUT2D eigenvalue weighted by Crippen LogP contribution is 2.27. The third-order valence-electron chi connectivity index (χ3n) is 6.93. The second kappa shape index (κ2) is 14.0. The van der Waals surface area contributed by atoms with E-state index in [-0.39, 0.29) is 5.82 Å². The zero-order valence-corrected chi connectivity index (χ0v) is 21.8. The van der Waals surface area contributed by atoms with Crippen LogP contribution in [-0.2, 0) is 6.42 Å². The van der Waals surface area contributed by atoms with E-state index < -0.39 is 0 Å². The van der Waals surface area contributed by atoms with Crippen LogP contribution in [0.25, 0.3) is 21.9 Å². The number of benzene rings is 4. The highest BCUT2D eigenvalue weighted by Gasteiger charge is 2.07. The van der Waals surface area contributed by atoms with E-state index in [0.29, 0.717) is 29.0 Å². The average Bonchev–Trinajstić information content (AvgIpc) is 2.95. The second-order valence-electron chi connectivity index (χ2n) is 9.77. The molecule has 0 amide bonds. The molecule has 0 spiro atoms. The Morgan fingerprint density at radius 2 is 1.24 bits per heavy atom. The molecule has 0 aromatic heterocycles. The van der Waals surface area contributed by atoms with E-state index in [9.17, 15) is 4.39 Å². The molecule has 0 aliphatic rings. The van der Waals surface area contributed by atoms with Crippen molar-refractivity contribution in [3.63, 3.8) is 0 Å². The van der Waals surface area contributed by atoms with Crippen molar-refractivity contribution in [3.8, 4) is 29.0 Å². The van der Waals surface area contributed by atoms with Gasteiger partial charge in [0.1, 0.15) is 11.6 Å². The van der Waals surface area contributed by atoms with Crippen molar-refractivity contribution in [2.24, 2.45) is 0 Å². The summed E-state index contributed by atoms with van der Waals surface area (Å²) in [5.74, 6) is 0.236. The van der Waals surface area contributed by atoms with Crippen LogP contribution in [0.1, 0.15) is 68.1 Å². The fourth-order valence-corrected chi connectivity index (χ4v) is 4.75. The van der Waals surface area contributed by atoms with Gasteiger partial charge in [0, 0.05) is 11.6 Å². The van der Waals surface area contributed by atoms with Crippen molar-refractivity contribution in [1.82, 2.24) is 0 Å². The lowest BCUT2D eigenvalue weighted by molar-refractivity contribution is 0.303. The Morgan fingerprint density at radius 3 is 1.95 bits per heavy atom. The first-order valence-corrected chi connectivity index (χ1v) is 13.5. The van der Waals surface area contributed by atoms with E-state index in [4.69, 9.17) is 15.3 Å². The number of fused-ring (bicyclic) bond motifs is 1. The molecule has 0 saturated carbocycles. The van der Waals surface area contributed by atoms with Crippen LogP contribution < -0.4 is 4.74 Å². The molecule has 4 aromatic rings. The first-order valence-electron chi connectivity index (χ1n) is 13.5. The molecule has 0 unspecified atom stereocenters. The molecule has 0 fully saturated rings. The highest BCUT2D eigenvalue weighted by atomic mass is 19.1. The lowest BCUT2D eigenvalue weighted by Gasteiger charge is -2.09. The average molecular weight is 505 g/mol. The van der Waals surface area contributed by atoms with Crippen molar-refractivity contribution in [1.29, 1.82) is 10.5 Å². The number of ether oxygens (including phenoxy) is 1. The van der Waals surface area contributed by atoms with Gasteiger partial charge in [0.25, 0.3) is 0 Å². The molecule has 192 valence electrons. The Hall–Kier alpha value is -4.15. The Bertz CT molecular complexity index is 1430. The van der Waals surface area contributed by atoms with E-state index in [1.54, 1.807) is 36.4 Å². The molecule has 0 N–H and O–H groups in total. The first-order chi connectivity index (χ1) is 18.7. The molecule has 0 atom stereocenters. The van der Waals surface area contributed by atoms with Crippen molar-refractivity contribution in [2.45, 2.75) is 57.8 Å². The standard InChI is InChI=1S/C34H33FN2O/c35-34-23-32(18-19-33(34)29-14-11-27(24-36)12-15-29)38-20-8-6-4-2-1-3-5-7-9-26-10-16-31-22-28(25-37)13-17-30(31)21-26/h10-19,21-23H,1-9,20H2. The molecule has 0 radical (unpaired) electrons. The zero-order chi connectivity index (χ0) is 26.6. The summed E-state index contributed by atoms with van der Waals surface area (Å²) in [7, 11) is 0. The van der Waals surface area contributed by atoms with Gasteiger partial charge in [0.05, 0.1) is 29.9 Å². The van der Waals surface area contributed by atoms with Crippen LogP contribution in [0, 0.1) is 28.5 Å². The van der Waals surface area contributed by atoms with Gasteiger partial charge in [-0.3, -0.25) is 0 Å². The fourth-order valence-electron chi connectivity index (χ4n) is 4.75. The van der Waals surface area contributed by atoms with E-state index in [2.05, 4.69) is 30.3 Å². The van der Waals surface area contributed by atoms with E-state index in [0.717, 1.165) is 30.2 Å². The first kappa shape index (κ1) is 26.9. The molecule has 4 heteroatoms. The van der Waals surface area contributed by atoms with Gasteiger partial charge >= 0.3 is 0 Å². The molecule has 3 nitrogen and oxygen atoms in total. The summed E-state index contributed by atoms with van der Waals surface area (Å²) in [6, 6.07) is 28.6. The maximum absolute atomic E-state index is 14.6. The zero-order valence-electron chi connectivity index (χ0n) is 21.8. The van der Waals surface area contributed by atoms with E-state index in [1.807, 2.05) is 18.2 Å². The molecule has 0 aliphatic heterocycles. The number of unbranched alkanes of at least 4 members (excludes halogenated alkanes) is 7. The minimum atomic E-state index is -0.318. The largest absolute Gasteiger partial charge is 0.493 e. The molecule has 0 aliphatic carbocycles.